The number of ether oxygens (including phenoxy) is 1. The minimum Gasteiger partial charge on any atom is -0.389 e. The number of aliphatic hydroxyl groups excluding tert-OH is 1. The van der Waals surface area contributed by atoms with Crippen molar-refractivity contribution in [2.24, 2.45) is 0 Å². The molecule has 0 aliphatic rings. The lowest BCUT2D eigenvalue weighted by Gasteiger charge is -2.13. The molecule has 108 valence electrons. The van der Waals surface area contributed by atoms with Crippen molar-refractivity contribution in [2.75, 3.05) is 19.8 Å². The Kier molecular flexibility index (Phi) is 6.79. The SMILES string of the molecule is OC(CNOCC(F)(F)F)COCc1ccccc1. The van der Waals surface area contributed by atoms with Gasteiger partial charge in [0.1, 0.15) is 0 Å². The number of hydrogen-bond acceptors (Lipinski definition) is 4. The van der Waals surface area contributed by atoms with Crippen molar-refractivity contribution >= 4 is 0 Å². The second-order valence-electron chi connectivity index (χ2n) is 3.91. The van der Waals surface area contributed by atoms with Gasteiger partial charge in [-0.15, -0.1) is 0 Å². The molecule has 1 atom stereocenters. The third-order valence-electron chi connectivity index (χ3n) is 2.08. The van der Waals surface area contributed by atoms with Gasteiger partial charge in [-0.1, -0.05) is 30.3 Å². The van der Waals surface area contributed by atoms with E-state index in [1.54, 1.807) is 0 Å². The highest BCUT2D eigenvalue weighted by molar-refractivity contribution is 5.13. The number of alkyl halides is 3. The van der Waals surface area contributed by atoms with Gasteiger partial charge in [0.25, 0.3) is 0 Å². The lowest BCUT2D eigenvalue weighted by molar-refractivity contribution is -0.191. The Balaban J connectivity index is 2.04. The van der Waals surface area contributed by atoms with Crippen molar-refractivity contribution in [3.8, 4) is 0 Å². The molecule has 1 aromatic rings. The van der Waals surface area contributed by atoms with Crippen LogP contribution in [0.5, 0.6) is 0 Å². The predicted octanol–water partition coefficient (Wildman–Crippen LogP) is 1.65. The normalized spacial score (nSPS) is 13.5. The van der Waals surface area contributed by atoms with Crippen LogP contribution in [0.1, 0.15) is 5.56 Å². The average Bonchev–Trinajstić information content (AvgIpc) is 2.35. The highest BCUT2D eigenvalue weighted by Crippen LogP contribution is 2.13. The molecular formula is C12H16F3NO3. The van der Waals surface area contributed by atoms with Crippen molar-refractivity contribution in [3.05, 3.63) is 35.9 Å². The van der Waals surface area contributed by atoms with Crippen molar-refractivity contribution in [1.29, 1.82) is 0 Å². The van der Waals surface area contributed by atoms with Gasteiger partial charge in [-0.05, 0) is 5.56 Å². The Labute approximate surface area is 109 Å². The first kappa shape index (κ1) is 15.9. The Morgan fingerprint density at radius 1 is 1.21 bits per heavy atom. The molecule has 1 rings (SSSR count). The molecule has 1 unspecified atom stereocenters. The lowest BCUT2D eigenvalue weighted by atomic mass is 10.2. The summed E-state index contributed by atoms with van der Waals surface area (Å²) in [6, 6.07) is 9.34. The molecule has 0 fully saturated rings. The number of halogens is 3. The van der Waals surface area contributed by atoms with Crippen LogP contribution in [0.3, 0.4) is 0 Å². The van der Waals surface area contributed by atoms with Crippen molar-refractivity contribution in [2.45, 2.75) is 18.9 Å². The maximum Gasteiger partial charge on any atom is 0.413 e. The molecule has 0 aliphatic heterocycles. The van der Waals surface area contributed by atoms with Crippen LogP contribution < -0.4 is 5.48 Å². The van der Waals surface area contributed by atoms with Gasteiger partial charge in [0.05, 0.1) is 19.3 Å². The third-order valence-corrected chi connectivity index (χ3v) is 2.08. The summed E-state index contributed by atoms with van der Waals surface area (Å²) in [5, 5.41) is 9.41. The zero-order valence-electron chi connectivity index (χ0n) is 10.2. The van der Waals surface area contributed by atoms with Crippen LogP contribution in [0.25, 0.3) is 0 Å². The van der Waals surface area contributed by atoms with E-state index >= 15 is 0 Å². The second kappa shape index (κ2) is 8.11. The number of hydroxylamine groups is 1. The van der Waals surface area contributed by atoms with E-state index in [9.17, 15) is 18.3 Å². The Morgan fingerprint density at radius 2 is 1.89 bits per heavy atom. The molecular weight excluding hydrogens is 263 g/mol. The van der Waals surface area contributed by atoms with Crippen LogP contribution in [0.15, 0.2) is 30.3 Å². The summed E-state index contributed by atoms with van der Waals surface area (Å²) >= 11 is 0. The fourth-order valence-electron chi connectivity index (χ4n) is 1.23. The van der Waals surface area contributed by atoms with E-state index in [1.165, 1.54) is 0 Å². The highest BCUT2D eigenvalue weighted by Gasteiger charge is 2.27. The van der Waals surface area contributed by atoms with E-state index in [1.807, 2.05) is 35.8 Å². The molecule has 7 heteroatoms. The summed E-state index contributed by atoms with van der Waals surface area (Å²) in [5.74, 6) is 0. The van der Waals surface area contributed by atoms with Gasteiger partial charge in [0.2, 0.25) is 0 Å². The summed E-state index contributed by atoms with van der Waals surface area (Å²) in [6.45, 7) is -1.19. The molecule has 0 heterocycles. The number of aliphatic hydroxyl groups is 1. The molecule has 0 amide bonds. The van der Waals surface area contributed by atoms with E-state index in [0.29, 0.717) is 6.61 Å². The number of rotatable bonds is 8. The third kappa shape index (κ3) is 8.55. The van der Waals surface area contributed by atoms with E-state index in [0.717, 1.165) is 5.56 Å². The van der Waals surface area contributed by atoms with E-state index in [-0.39, 0.29) is 13.2 Å². The first-order valence-corrected chi connectivity index (χ1v) is 5.68. The van der Waals surface area contributed by atoms with Crippen molar-refractivity contribution < 1.29 is 27.9 Å². The average molecular weight is 279 g/mol. The maximum atomic E-state index is 11.7. The molecule has 0 spiro atoms. The summed E-state index contributed by atoms with van der Waals surface area (Å²) in [6.07, 6.45) is -5.32. The number of benzene rings is 1. The summed E-state index contributed by atoms with van der Waals surface area (Å²) in [4.78, 5) is 4.14. The van der Waals surface area contributed by atoms with Gasteiger partial charge in [0, 0.05) is 6.54 Å². The predicted molar refractivity (Wildman–Crippen MR) is 62.1 cm³/mol. The zero-order valence-corrected chi connectivity index (χ0v) is 10.2. The van der Waals surface area contributed by atoms with Crippen molar-refractivity contribution in [3.63, 3.8) is 0 Å². The van der Waals surface area contributed by atoms with Crippen LogP contribution in [0.2, 0.25) is 0 Å². The Bertz CT molecular complexity index is 346. The van der Waals surface area contributed by atoms with E-state index in [2.05, 4.69) is 4.84 Å². The topological polar surface area (TPSA) is 50.7 Å². The lowest BCUT2D eigenvalue weighted by Crippen LogP contribution is -2.33. The monoisotopic (exact) mass is 279 g/mol. The minimum atomic E-state index is -4.39. The molecule has 2 N–H and O–H groups in total. The number of hydrogen-bond donors (Lipinski definition) is 2. The second-order valence-corrected chi connectivity index (χ2v) is 3.91. The standard InChI is InChI=1S/C12H16F3NO3/c13-12(14,15)9-19-16-6-11(17)8-18-7-10-4-2-1-3-5-10/h1-5,11,16-17H,6-9H2. The largest absolute Gasteiger partial charge is 0.413 e. The fourth-order valence-corrected chi connectivity index (χ4v) is 1.23. The smallest absolute Gasteiger partial charge is 0.389 e. The van der Waals surface area contributed by atoms with Gasteiger partial charge in [-0.25, -0.2) is 0 Å². The molecule has 0 saturated heterocycles. The fraction of sp³-hybridized carbons (Fsp3) is 0.500. The van der Waals surface area contributed by atoms with Crippen LogP contribution in [-0.2, 0) is 16.2 Å². The van der Waals surface area contributed by atoms with Gasteiger partial charge < -0.3 is 9.84 Å². The van der Waals surface area contributed by atoms with Crippen molar-refractivity contribution in [1.82, 2.24) is 5.48 Å². The van der Waals surface area contributed by atoms with E-state index < -0.39 is 18.9 Å². The summed E-state index contributed by atoms with van der Waals surface area (Å²) in [7, 11) is 0. The quantitative estimate of drug-likeness (QED) is 0.561. The minimum absolute atomic E-state index is 0.0112. The van der Waals surface area contributed by atoms with Crippen LogP contribution in [0, 0.1) is 0 Å². The molecule has 0 aromatic heterocycles. The van der Waals surface area contributed by atoms with Crippen LogP contribution >= 0.6 is 0 Å². The van der Waals surface area contributed by atoms with Crippen LogP contribution in [-0.4, -0.2) is 37.1 Å². The van der Waals surface area contributed by atoms with Gasteiger partial charge >= 0.3 is 6.18 Å². The Morgan fingerprint density at radius 3 is 2.53 bits per heavy atom. The zero-order chi connectivity index (χ0) is 14.1. The molecule has 0 bridgehead atoms. The molecule has 1 aromatic carbocycles. The van der Waals surface area contributed by atoms with Gasteiger partial charge in [-0.3, -0.25) is 4.84 Å². The highest BCUT2D eigenvalue weighted by atomic mass is 19.4. The summed E-state index contributed by atoms with van der Waals surface area (Å²) < 4.78 is 40.4. The molecule has 4 nitrogen and oxygen atoms in total. The Hall–Kier alpha value is -1.15. The molecule has 19 heavy (non-hydrogen) atoms. The molecule has 0 aliphatic carbocycles. The molecule has 0 radical (unpaired) electrons. The van der Waals surface area contributed by atoms with E-state index in [4.69, 9.17) is 4.74 Å². The number of nitrogens with one attached hydrogen (secondary N) is 1. The summed E-state index contributed by atoms with van der Waals surface area (Å²) in [5.41, 5.74) is 2.99. The molecule has 0 saturated carbocycles. The van der Waals surface area contributed by atoms with Gasteiger partial charge in [0.15, 0.2) is 6.61 Å². The first-order chi connectivity index (χ1) is 8.97. The van der Waals surface area contributed by atoms with Crippen LogP contribution in [0.4, 0.5) is 13.2 Å². The maximum absolute atomic E-state index is 11.7. The van der Waals surface area contributed by atoms with Gasteiger partial charge in [-0.2, -0.15) is 18.7 Å². The first-order valence-electron chi connectivity index (χ1n) is 5.68.